The highest BCUT2D eigenvalue weighted by atomic mass is 32.1. The highest BCUT2D eigenvalue weighted by Gasteiger charge is 2.34. The first-order valence-corrected chi connectivity index (χ1v) is 13.4. The first-order chi connectivity index (χ1) is 17.8. The van der Waals surface area contributed by atoms with Crippen LogP contribution in [0.2, 0.25) is 0 Å². The van der Waals surface area contributed by atoms with Gasteiger partial charge in [-0.1, -0.05) is 41.7 Å². The summed E-state index contributed by atoms with van der Waals surface area (Å²) >= 11 is 1.37. The average Bonchev–Trinajstić information content (AvgIpc) is 3.60. The minimum absolute atomic E-state index is 0.108. The quantitative estimate of drug-likeness (QED) is 0.389. The molecule has 6 rings (SSSR count). The number of ketones is 1. The number of hydrogen-bond acceptors (Lipinski definition) is 5. The Morgan fingerprint density at radius 2 is 1.86 bits per heavy atom. The van der Waals surface area contributed by atoms with Gasteiger partial charge in [-0.25, -0.2) is 4.99 Å². The lowest BCUT2D eigenvalue weighted by atomic mass is 9.89. The molecule has 2 aliphatic rings. The minimum atomic E-state index is -0.629. The largest absolute Gasteiger partial charge is 0.496 e. The molecule has 4 aromatic rings. The zero-order chi connectivity index (χ0) is 26.0. The molecule has 0 saturated heterocycles. The van der Waals surface area contributed by atoms with Gasteiger partial charge in [0.15, 0.2) is 10.6 Å². The summed E-state index contributed by atoms with van der Waals surface area (Å²) < 4.78 is 10.5. The second kappa shape index (κ2) is 8.70. The highest BCUT2D eigenvalue weighted by Crippen LogP contribution is 2.40. The zero-order valence-corrected chi connectivity index (χ0v) is 22.5. The van der Waals surface area contributed by atoms with Crippen LogP contribution in [0, 0.1) is 13.8 Å². The number of hydrogen-bond donors (Lipinski definition) is 0. The van der Waals surface area contributed by atoms with Crippen LogP contribution in [0.15, 0.2) is 63.5 Å². The van der Waals surface area contributed by atoms with Crippen LogP contribution in [0.3, 0.4) is 0 Å². The maximum Gasteiger partial charge on any atom is 0.271 e. The lowest BCUT2D eigenvalue weighted by molar-refractivity contribution is -0.114. The molecule has 0 N–H and O–H groups in total. The molecular formula is C30H29N3O3S. The minimum Gasteiger partial charge on any atom is -0.496 e. The number of allylic oxidation sites excluding steroid dienone is 2. The number of fused-ring (bicyclic) bond motifs is 2. The number of aromatic nitrogens is 2. The molecular weight excluding hydrogens is 482 g/mol. The maximum atomic E-state index is 14.1. The number of thiazole rings is 1. The van der Waals surface area contributed by atoms with Crippen molar-refractivity contribution < 1.29 is 9.53 Å². The molecule has 7 heteroatoms. The number of benzene rings is 2. The van der Waals surface area contributed by atoms with Crippen molar-refractivity contribution in [3.8, 4) is 5.75 Å². The van der Waals surface area contributed by atoms with Gasteiger partial charge >= 0.3 is 0 Å². The first kappa shape index (κ1) is 23.7. The Kier molecular flexibility index (Phi) is 5.57. The van der Waals surface area contributed by atoms with Gasteiger partial charge in [-0.15, -0.1) is 0 Å². The van der Waals surface area contributed by atoms with E-state index in [0.717, 1.165) is 21.9 Å². The summed E-state index contributed by atoms with van der Waals surface area (Å²) in [6, 6.07) is 14.0. The van der Waals surface area contributed by atoms with Gasteiger partial charge in [0.05, 0.1) is 17.7 Å². The molecule has 6 nitrogen and oxygen atoms in total. The summed E-state index contributed by atoms with van der Waals surface area (Å²) in [6.07, 6.45) is 4.39. The van der Waals surface area contributed by atoms with Crippen molar-refractivity contribution in [3.05, 3.63) is 95.9 Å². The van der Waals surface area contributed by atoms with Crippen molar-refractivity contribution in [2.45, 2.75) is 52.6 Å². The molecule has 2 aromatic carbocycles. The van der Waals surface area contributed by atoms with Crippen molar-refractivity contribution in [1.29, 1.82) is 0 Å². The van der Waals surface area contributed by atoms with E-state index in [2.05, 4.69) is 24.5 Å². The van der Waals surface area contributed by atoms with Crippen molar-refractivity contribution in [2.75, 3.05) is 7.11 Å². The molecule has 1 aliphatic heterocycles. The molecule has 37 heavy (non-hydrogen) atoms. The summed E-state index contributed by atoms with van der Waals surface area (Å²) in [4.78, 5) is 32.4. The van der Waals surface area contributed by atoms with Gasteiger partial charge in [-0.2, -0.15) is 0 Å². The van der Waals surface area contributed by atoms with E-state index in [1.54, 1.807) is 18.6 Å². The second-order valence-electron chi connectivity index (χ2n) is 9.97. The Morgan fingerprint density at radius 3 is 2.57 bits per heavy atom. The van der Waals surface area contributed by atoms with E-state index in [1.165, 1.54) is 35.6 Å². The third-order valence-electron chi connectivity index (χ3n) is 7.55. The highest BCUT2D eigenvalue weighted by molar-refractivity contribution is 7.07. The lowest BCUT2D eigenvalue weighted by Crippen LogP contribution is -2.39. The molecule has 0 radical (unpaired) electrons. The van der Waals surface area contributed by atoms with Crippen LogP contribution in [0.25, 0.3) is 16.8 Å². The molecule has 2 aromatic heterocycles. The Bertz CT molecular complexity index is 1810. The number of Topliss-reactive ketones (excluding diaryl/α,β-unsaturated/α-hetero) is 1. The van der Waals surface area contributed by atoms with Crippen molar-refractivity contribution in [1.82, 2.24) is 9.13 Å². The Hall–Kier alpha value is -3.71. The van der Waals surface area contributed by atoms with Gasteiger partial charge in [0, 0.05) is 34.3 Å². The van der Waals surface area contributed by atoms with E-state index in [4.69, 9.17) is 9.73 Å². The Balaban J connectivity index is 1.64. The fourth-order valence-electron chi connectivity index (χ4n) is 5.76. The fraction of sp³-hybridized carbons (Fsp3) is 0.300. The van der Waals surface area contributed by atoms with E-state index in [-0.39, 0.29) is 11.3 Å². The van der Waals surface area contributed by atoms with Gasteiger partial charge in [0.2, 0.25) is 0 Å². The van der Waals surface area contributed by atoms with Gasteiger partial charge in [-0.05, 0) is 75.1 Å². The van der Waals surface area contributed by atoms with E-state index < -0.39 is 6.04 Å². The number of methoxy groups -OCH3 is 1. The molecule has 188 valence electrons. The summed E-state index contributed by atoms with van der Waals surface area (Å²) in [5, 5.41) is 1.97. The van der Waals surface area contributed by atoms with Crippen LogP contribution in [-0.2, 0) is 4.79 Å². The molecule has 0 unspecified atom stereocenters. The number of ether oxygens (including phenoxy) is 1. The number of carbonyl (C=O) groups is 1. The predicted molar refractivity (Wildman–Crippen MR) is 147 cm³/mol. The Morgan fingerprint density at radius 1 is 1.11 bits per heavy atom. The van der Waals surface area contributed by atoms with E-state index in [9.17, 15) is 9.59 Å². The normalized spacial score (nSPS) is 17.8. The summed E-state index contributed by atoms with van der Waals surface area (Å²) in [5.41, 5.74) is 5.25. The predicted octanol–water partition coefficient (Wildman–Crippen LogP) is 4.74. The van der Waals surface area contributed by atoms with Crippen LogP contribution < -0.4 is 19.6 Å². The van der Waals surface area contributed by atoms with E-state index in [1.807, 2.05) is 49.4 Å². The second-order valence-corrected chi connectivity index (χ2v) is 11.0. The number of carbonyl (C=O) groups excluding carboxylic acids is 1. The molecule has 0 amide bonds. The topological polar surface area (TPSA) is 65.6 Å². The van der Waals surface area contributed by atoms with Gasteiger partial charge in [0.25, 0.3) is 5.56 Å². The van der Waals surface area contributed by atoms with Crippen LogP contribution >= 0.6 is 11.3 Å². The van der Waals surface area contributed by atoms with Crippen LogP contribution in [0.5, 0.6) is 5.75 Å². The number of rotatable bonds is 5. The van der Waals surface area contributed by atoms with Gasteiger partial charge in [0.1, 0.15) is 5.75 Å². The third-order valence-corrected chi connectivity index (χ3v) is 8.53. The Labute approximate surface area is 218 Å². The number of nitrogens with zero attached hydrogens (tertiary/aromatic N) is 3. The van der Waals surface area contributed by atoms with Crippen LogP contribution in [0.1, 0.15) is 61.3 Å². The van der Waals surface area contributed by atoms with Crippen LogP contribution in [0.4, 0.5) is 0 Å². The summed E-state index contributed by atoms with van der Waals surface area (Å²) in [5.74, 6) is 0.531. The molecule has 1 atom stereocenters. The molecule has 0 spiro atoms. The van der Waals surface area contributed by atoms with E-state index in [0.29, 0.717) is 32.4 Å². The lowest BCUT2D eigenvalue weighted by Gasteiger charge is -2.27. The standard InChI is InChI=1S/C30H29N3O3S/c1-16-14-21(18(3)32(16)22-11-12-22)15-25-29(35)33-28(26(19(4)34)17(2)31-30(33)37-25)27-23-9-7-6-8-20(23)10-13-24(27)36-5/h6-10,13-15,22,28H,11-12H2,1-5H3/b25-15-/t28-/m0/s1. The molecule has 1 fully saturated rings. The van der Waals surface area contributed by atoms with Crippen molar-refractivity contribution >= 4 is 34.0 Å². The summed E-state index contributed by atoms with van der Waals surface area (Å²) in [6.45, 7) is 7.64. The molecule has 0 bridgehead atoms. The molecule has 1 saturated carbocycles. The van der Waals surface area contributed by atoms with E-state index >= 15 is 0 Å². The molecule has 1 aliphatic carbocycles. The third kappa shape index (κ3) is 3.72. The maximum absolute atomic E-state index is 14.1. The first-order valence-electron chi connectivity index (χ1n) is 12.6. The van der Waals surface area contributed by atoms with Crippen molar-refractivity contribution in [2.24, 2.45) is 4.99 Å². The average molecular weight is 512 g/mol. The van der Waals surface area contributed by atoms with Crippen LogP contribution in [-0.4, -0.2) is 22.0 Å². The SMILES string of the molecule is COc1ccc2ccccc2c1[C@@H]1C(C(C)=O)=C(C)N=c2s/c(=C\c3cc(C)n(C4CC4)c3C)c(=O)n21. The summed E-state index contributed by atoms with van der Waals surface area (Å²) in [7, 11) is 1.62. The van der Waals surface area contributed by atoms with Crippen molar-refractivity contribution in [3.63, 3.8) is 0 Å². The number of aryl methyl sites for hydroxylation is 1. The zero-order valence-electron chi connectivity index (χ0n) is 21.7. The van der Waals surface area contributed by atoms with Gasteiger partial charge < -0.3 is 9.30 Å². The fourth-order valence-corrected chi connectivity index (χ4v) is 6.80. The van der Waals surface area contributed by atoms with Gasteiger partial charge in [-0.3, -0.25) is 14.2 Å². The molecule has 3 heterocycles. The monoisotopic (exact) mass is 511 g/mol. The smallest absolute Gasteiger partial charge is 0.271 e.